The zero-order valence-electron chi connectivity index (χ0n) is 21.6. The zero-order chi connectivity index (χ0) is 26.6. The number of benzene rings is 3. The molecule has 2 amide bonds. The predicted molar refractivity (Wildman–Crippen MR) is 148 cm³/mol. The van der Waals surface area contributed by atoms with Gasteiger partial charge in [0.2, 0.25) is 11.8 Å². The molecule has 6 nitrogen and oxygen atoms in total. The molecule has 4 aromatic rings. The van der Waals surface area contributed by atoms with E-state index in [-0.39, 0.29) is 11.8 Å². The van der Waals surface area contributed by atoms with Crippen LogP contribution in [0.1, 0.15) is 28.7 Å². The number of nitrogens with zero attached hydrogens (tertiary/aromatic N) is 2. The summed E-state index contributed by atoms with van der Waals surface area (Å²) in [5, 5.41) is 3.05. The number of amides is 2. The molecular weight excluding hydrogens is 474 g/mol. The largest absolute Gasteiger partial charge is 0.497 e. The minimum Gasteiger partial charge on any atom is -0.497 e. The summed E-state index contributed by atoms with van der Waals surface area (Å²) in [6.45, 7) is 0.680. The predicted octanol–water partition coefficient (Wildman–Crippen LogP) is 4.98. The van der Waals surface area contributed by atoms with E-state index >= 15 is 0 Å². The van der Waals surface area contributed by atoms with E-state index in [9.17, 15) is 9.59 Å². The van der Waals surface area contributed by atoms with Crippen LogP contribution < -0.4 is 10.1 Å². The summed E-state index contributed by atoms with van der Waals surface area (Å²) in [7, 11) is 1.62. The van der Waals surface area contributed by atoms with E-state index in [0.717, 1.165) is 28.0 Å². The van der Waals surface area contributed by atoms with E-state index in [0.29, 0.717) is 32.4 Å². The SMILES string of the molecule is COc1ccc(CN(C(=O)CCc2ccccc2)C(Cc2ccccc2)C(=O)NCc2ccncc2)cc1. The summed E-state index contributed by atoms with van der Waals surface area (Å²) >= 11 is 0. The third-order valence-corrected chi connectivity index (χ3v) is 6.47. The molecule has 3 aromatic carbocycles. The Bertz CT molecular complexity index is 1280. The average molecular weight is 508 g/mol. The molecule has 1 atom stereocenters. The summed E-state index contributed by atoms with van der Waals surface area (Å²) in [5.41, 5.74) is 3.96. The van der Waals surface area contributed by atoms with Crippen molar-refractivity contribution in [3.63, 3.8) is 0 Å². The normalized spacial score (nSPS) is 11.4. The third kappa shape index (κ3) is 7.77. The maximum absolute atomic E-state index is 13.8. The molecule has 194 valence electrons. The Labute approximate surface area is 224 Å². The number of nitrogens with one attached hydrogen (secondary N) is 1. The fraction of sp³-hybridized carbons (Fsp3) is 0.219. The van der Waals surface area contributed by atoms with E-state index in [2.05, 4.69) is 10.3 Å². The van der Waals surface area contributed by atoms with Gasteiger partial charge in [-0.15, -0.1) is 0 Å². The number of methoxy groups -OCH3 is 1. The van der Waals surface area contributed by atoms with Crippen molar-refractivity contribution in [1.29, 1.82) is 0 Å². The number of ether oxygens (including phenoxy) is 1. The molecule has 0 aliphatic heterocycles. The summed E-state index contributed by atoms with van der Waals surface area (Å²) in [6, 6.07) is 30.4. The van der Waals surface area contributed by atoms with Crippen molar-refractivity contribution in [2.24, 2.45) is 0 Å². The Hall–Kier alpha value is -4.45. The molecule has 1 aromatic heterocycles. The minimum absolute atomic E-state index is 0.0651. The second kappa shape index (κ2) is 13.7. The highest BCUT2D eigenvalue weighted by atomic mass is 16.5. The van der Waals surface area contributed by atoms with Gasteiger partial charge in [0.1, 0.15) is 11.8 Å². The maximum Gasteiger partial charge on any atom is 0.243 e. The highest BCUT2D eigenvalue weighted by Crippen LogP contribution is 2.19. The molecule has 38 heavy (non-hydrogen) atoms. The van der Waals surface area contributed by atoms with Crippen LogP contribution in [-0.2, 0) is 35.5 Å². The van der Waals surface area contributed by atoms with E-state index in [1.165, 1.54) is 0 Å². The monoisotopic (exact) mass is 507 g/mol. The van der Waals surface area contributed by atoms with Crippen LogP contribution >= 0.6 is 0 Å². The molecule has 1 heterocycles. The van der Waals surface area contributed by atoms with Crippen LogP contribution in [0.4, 0.5) is 0 Å². The van der Waals surface area contributed by atoms with Gasteiger partial charge in [0.05, 0.1) is 7.11 Å². The standard InChI is InChI=1S/C32H33N3O3/c1-38-29-15-12-28(13-16-29)24-35(31(36)17-14-25-8-4-2-5-9-25)30(22-26-10-6-3-7-11-26)32(37)34-23-27-18-20-33-21-19-27/h2-13,15-16,18-21,30H,14,17,22-24H2,1H3,(H,34,37). The van der Waals surface area contributed by atoms with Crippen LogP contribution in [0.3, 0.4) is 0 Å². The van der Waals surface area contributed by atoms with Crippen LogP contribution in [0.15, 0.2) is 109 Å². The molecule has 0 fully saturated rings. The molecule has 0 radical (unpaired) electrons. The van der Waals surface area contributed by atoms with Gasteiger partial charge in [0, 0.05) is 38.3 Å². The van der Waals surface area contributed by atoms with E-state index < -0.39 is 6.04 Å². The fourth-order valence-corrected chi connectivity index (χ4v) is 4.33. The molecule has 0 bridgehead atoms. The maximum atomic E-state index is 13.8. The summed E-state index contributed by atoms with van der Waals surface area (Å²) in [5.74, 6) is 0.489. The lowest BCUT2D eigenvalue weighted by atomic mass is 10.0. The molecule has 0 saturated heterocycles. The number of hydrogen-bond acceptors (Lipinski definition) is 4. The van der Waals surface area contributed by atoms with Gasteiger partial charge in [-0.25, -0.2) is 0 Å². The van der Waals surface area contributed by atoms with Crippen LogP contribution in [-0.4, -0.2) is 34.8 Å². The number of carbonyl (C=O) groups is 2. The highest BCUT2D eigenvalue weighted by Gasteiger charge is 2.30. The summed E-state index contributed by atoms with van der Waals surface area (Å²) < 4.78 is 5.30. The lowest BCUT2D eigenvalue weighted by Crippen LogP contribution is -2.50. The Morgan fingerprint density at radius 3 is 2.05 bits per heavy atom. The number of aromatic nitrogens is 1. The zero-order valence-corrected chi connectivity index (χ0v) is 21.6. The van der Waals surface area contributed by atoms with E-state index in [1.54, 1.807) is 24.4 Å². The van der Waals surface area contributed by atoms with Gasteiger partial charge in [-0.2, -0.15) is 0 Å². The van der Waals surface area contributed by atoms with Crippen LogP contribution in [0.2, 0.25) is 0 Å². The molecule has 0 saturated carbocycles. The molecule has 6 heteroatoms. The van der Waals surface area contributed by atoms with Gasteiger partial charge in [-0.05, 0) is 52.9 Å². The Balaban J connectivity index is 1.60. The first-order valence-corrected chi connectivity index (χ1v) is 12.8. The van der Waals surface area contributed by atoms with Gasteiger partial charge in [0.15, 0.2) is 0 Å². The third-order valence-electron chi connectivity index (χ3n) is 6.47. The lowest BCUT2D eigenvalue weighted by molar-refractivity contribution is -0.141. The van der Waals surface area contributed by atoms with Gasteiger partial charge >= 0.3 is 0 Å². The van der Waals surface area contributed by atoms with Crippen LogP contribution in [0.5, 0.6) is 5.75 Å². The Morgan fingerprint density at radius 2 is 1.42 bits per heavy atom. The fourth-order valence-electron chi connectivity index (χ4n) is 4.33. The van der Waals surface area contributed by atoms with Gasteiger partial charge in [-0.3, -0.25) is 14.6 Å². The van der Waals surface area contributed by atoms with Gasteiger partial charge in [-0.1, -0.05) is 72.8 Å². The number of aryl methyl sites for hydroxylation is 1. The van der Waals surface area contributed by atoms with E-state index in [1.807, 2.05) is 97.1 Å². The average Bonchev–Trinajstić information content (AvgIpc) is 2.98. The molecule has 1 N–H and O–H groups in total. The molecule has 4 rings (SSSR count). The quantitative estimate of drug-likeness (QED) is 0.294. The first-order chi connectivity index (χ1) is 18.6. The summed E-state index contributed by atoms with van der Waals surface area (Å²) in [4.78, 5) is 33.2. The van der Waals surface area contributed by atoms with Crippen molar-refractivity contribution in [1.82, 2.24) is 15.2 Å². The van der Waals surface area contributed by atoms with Crippen molar-refractivity contribution < 1.29 is 14.3 Å². The van der Waals surface area contributed by atoms with Crippen molar-refractivity contribution in [2.75, 3.05) is 7.11 Å². The van der Waals surface area contributed by atoms with Crippen molar-refractivity contribution in [3.8, 4) is 5.75 Å². The summed E-state index contributed by atoms with van der Waals surface area (Å²) in [6.07, 6.45) is 4.73. The molecule has 0 aliphatic rings. The first kappa shape index (κ1) is 26.6. The second-order valence-corrected chi connectivity index (χ2v) is 9.13. The Kier molecular flexibility index (Phi) is 9.63. The van der Waals surface area contributed by atoms with Gasteiger partial charge in [0.25, 0.3) is 0 Å². The highest BCUT2D eigenvalue weighted by molar-refractivity contribution is 5.88. The Morgan fingerprint density at radius 1 is 0.789 bits per heavy atom. The minimum atomic E-state index is -0.676. The second-order valence-electron chi connectivity index (χ2n) is 9.13. The first-order valence-electron chi connectivity index (χ1n) is 12.8. The number of pyridine rings is 1. The van der Waals surface area contributed by atoms with Crippen molar-refractivity contribution in [3.05, 3.63) is 132 Å². The van der Waals surface area contributed by atoms with Crippen molar-refractivity contribution >= 4 is 11.8 Å². The molecule has 0 spiro atoms. The smallest absolute Gasteiger partial charge is 0.243 e. The van der Waals surface area contributed by atoms with Crippen LogP contribution in [0.25, 0.3) is 0 Å². The number of hydrogen-bond donors (Lipinski definition) is 1. The molecular formula is C32H33N3O3. The number of carbonyl (C=O) groups excluding carboxylic acids is 2. The topological polar surface area (TPSA) is 71.5 Å². The van der Waals surface area contributed by atoms with E-state index in [4.69, 9.17) is 4.74 Å². The van der Waals surface area contributed by atoms with Gasteiger partial charge < -0.3 is 15.0 Å². The molecule has 0 aliphatic carbocycles. The number of rotatable bonds is 12. The van der Waals surface area contributed by atoms with Crippen LogP contribution in [0, 0.1) is 0 Å². The van der Waals surface area contributed by atoms with Crippen molar-refractivity contribution in [2.45, 2.75) is 38.4 Å². The molecule has 1 unspecified atom stereocenters. The lowest BCUT2D eigenvalue weighted by Gasteiger charge is -2.32.